The predicted octanol–water partition coefficient (Wildman–Crippen LogP) is 2.25. The first kappa shape index (κ1) is 16.5. The zero-order valence-corrected chi connectivity index (χ0v) is 12.5. The quantitative estimate of drug-likeness (QED) is 0.705. The second kappa shape index (κ2) is 9.37. The molecule has 1 N–H and O–H groups in total. The third-order valence-electron chi connectivity index (χ3n) is 3.27. The number of hydrogen-bond acceptors (Lipinski definition) is 3. The Morgan fingerprint density at radius 1 is 1.20 bits per heavy atom. The number of unbranched alkanes of at least 4 members (excludes halogenated alkanes) is 2. The minimum Gasteiger partial charge on any atom is -0.484 e. The van der Waals surface area contributed by atoms with Crippen LogP contribution in [0.4, 0.5) is 0 Å². The van der Waals surface area contributed by atoms with Crippen molar-refractivity contribution in [3.8, 4) is 5.75 Å². The maximum absolute atomic E-state index is 11.9. The number of hydrogen-bond donors (Lipinski definition) is 1. The molecule has 0 fully saturated rings. The van der Waals surface area contributed by atoms with E-state index < -0.39 is 0 Å². The number of aliphatic hydroxyl groups excluding tert-OH is 1. The number of carbonyl (C=O) groups excluding carboxylic acids is 1. The van der Waals surface area contributed by atoms with Crippen molar-refractivity contribution in [1.82, 2.24) is 4.90 Å². The van der Waals surface area contributed by atoms with E-state index in [9.17, 15) is 4.79 Å². The predicted molar refractivity (Wildman–Crippen MR) is 79.9 cm³/mol. The molecule has 0 atom stereocenters. The highest BCUT2D eigenvalue weighted by atomic mass is 16.5. The van der Waals surface area contributed by atoms with Gasteiger partial charge >= 0.3 is 0 Å². The van der Waals surface area contributed by atoms with Crippen LogP contribution in [0.15, 0.2) is 24.3 Å². The van der Waals surface area contributed by atoms with Crippen LogP contribution in [0.3, 0.4) is 0 Å². The summed E-state index contributed by atoms with van der Waals surface area (Å²) in [6.07, 6.45) is 3.64. The highest BCUT2D eigenvalue weighted by molar-refractivity contribution is 5.77. The summed E-state index contributed by atoms with van der Waals surface area (Å²) in [6, 6.07) is 7.82. The summed E-state index contributed by atoms with van der Waals surface area (Å²) in [5, 5.41) is 8.69. The fourth-order valence-corrected chi connectivity index (χ4v) is 1.84. The highest BCUT2D eigenvalue weighted by Gasteiger charge is 2.09. The number of aryl methyl sites for hydroxylation is 1. The number of carbonyl (C=O) groups is 1. The van der Waals surface area contributed by atoms with Crippen LogP contribution in [-0.4, -0.2) is 42.7 Å². The molecule has 0 aromatic heterocycles. The lowest BCUT2D eigenvalue weighted by Crippen LogP contribution is -2.32. The summed E-state index contributed by atoms with van der Waals surface area (Å²) in [7, 11) is 1.78. The second-order valence-corrected chi connectivity index (χ2v) is 4.89. The van der Waals surface area contributed by atoms with Crippen molar-refractivity contribution < 1.29 is 14.6 Å². The van der Waals surface area contributed by atoms with Gasteiger partial charge in [-0.3, -0.25) is 4.79 Å². The van der Waals surface area contributed by atoms with E-state index >= 15 is 0 Å². The van der Waals surface area contributed by atoms with Gasteiger partial charge in [-0.2, -0.15) is 0 Å². The van der Waals surface area contributed by atoms with Crippen LogP contribution in [0.5, 0.6) is 5.75 Å². The molecule has 4 nitrogen and oxygen atoms in total. The van der Waals surface area contributed by atoms with Crippen LogP contribution in [0, 0.1) is 0 Å². The maximum atomic E-state index is 11.9. The second-order valence-electron chi connectivity index (χ2n) is 4.89. The normalized spacial score (nSPS) is 10.3. The summed E-state index contributed by atoms with van der Waals surface area (Å²) < 4.78 is 5.48. The van der Waals surface area contributed by atoms with Crippen molar-refractivity contribution in [3.63, 3.8) is 0 Å². The maximum Gasteiger partial charge on any atom is 0.260 e. The number of benzene rings is 1. The van der Waals surface area contributed by atoms with Crippen LogP contribution in [0.2, 0.25) is 0 Å². The van der Waals surface area contributed by atoms with Gasteiger partial charge in [-0.1, -0.05) is 19.1 Å². The van der Waals surface area contributed by atoms with Gasteiger partial charge in [0.25, 0.3) is 5.91 Å². The molecule has 1 amide bonds. The SMILES string of the molecule is CCc1ccc(OCC(=O)N(C)CCCCCO)cc1. The summed E-state index contributed by atoms with van der Waals surface area (Å²) >= 11 is 0. The molecule has 1 rings (SSSR count). The zero-order chi connectivity index (χ0) is 14.8. The largest absolute Gasteiger partial charge is 0.484 e. The molecule has 0 saturated carbocycles. The molecule has 0 aliphatic carbocycles. The van der Waals surface area contributed by atoms with E-state index in [-0.39, 0.29) is 19.1 Å². The van der Waals surface area contributed by atoms with Gasteiger partial charge in [-0.05, 0) is 43.4 Å². The van der Waals surface area contributed by atoms with Crippen LogP contribution in [-0.2, 0) is 11.2 Å². The van der Waals surface area contributed by atoms with Crippen LogP contribution in [0.1, 0.15) is 31.7 Å². The molecule has 0 aliphatic rings. The molecule has 0 radical (unpaired) electrons. The average Bonchev–Trinajstić information content (AvgIpc) is 2.49. The standard InChI is InChI=1S/C16H25NO3/c1-3-14-7-9-15(10-8-14)20-13-16(19)17(2)11-5-4-6-12-18/h7-10,18H,3-6,11-13H2,1-2H3. The number of aliphatic hydroxyl groups is 1. The number of nitrogens with zero attached hydrogens (tertiary/aromatic N) is 1. The molecule has 0 spiro atoms. The van der Waals surface area contributed by atoms with Crippen LogP contribution >= 0.6 is 0 Å². The number of ether oxygens (including phenoxy) is 1. The zero-order valence-electron chi connectivity index (χ0n) is 12.5. The lowest BCUT2D eigenvalue weighted by molar-refractivity contribution is -0.132. The highest BCUT2D eigenvalue weighted by Crippen LogP contribution is 2.12. The molecule has 20 heavy (non-hydrogen) atoms. The Hall–Kier alpha value is -1.55. The molecule has 4 heteroatoms. The number of amides is 1. The molecular weight excluding hydrogens is 254 g/mol. The first-order valence-electron chi connectivity index (χ1n) is 7.24. The van der Waals surface area contributed by atoms with Gasteiger partial charge in [-0.15, -0.1) is 0 Å². The Morgan fingerprint density at radius 2 is 1.90 bits per heavy atom. The number of likely N-dealkylation sites (N-methyl/N-ethyl adjacent to an activating group) is 1. The van der Waals surface area contributed by atoms with Gasteiger partial charge in [0.15, 0.2) is 6.61 Å². The summed E-state index contributed by atoms with van der Waals surface area (Å²) in [5.74, 6) is 0.706. The third kappa shape index (κ3) is 6.06. The van der Waals surface area contributed by atoms with E-state index in [2.05, 4.69) is 6.92 Å². The van der Waals surface area contributed by atoms with Gasteiger partial charge in [0, 0.05) is 20.2 Å². The van der Waals surface area contributed by atoms with E-state index in [0.717, 1.165) is 31.4 Å². The van der Waals surface area contributed by atoms with Crippen LogP contribution < -0.4 is 4.74 Å². The molecule has 1 aromatic carbocycles. The summed E-state index contributed by atoms with van der Waals surface area (Å²) in [5.41, 5.74) is 1.25. The number of rotatable bonds is 9. The lowest BCUT2D eigenvalue weighted by Gasteiger charge is -2.17. The smallest absolute Gasteiger partial charge is 0.260 e. The Balaban J connectivity index is 2.27. The third-order valence-corrected chi connectivity index (χ3v) is 3.27. The van der Waals surface area contributed by atoms with E-state index in [1.807, 2.05) is 24.3 Å². The fraction of sp³-hybridized carbons (Fsp3) is 0.562. The molecule has 0 aliphatic heterocycles. The summed E-state index contributed by atoms with van der Waals surface area (Å²) in [6.45, 7) is 3.10. The molecule has 0 saturated heterocycles. The van der Waals surface area contributed by atoms with E-state index in [4.69, 9.17) is 9.84 Å². The van der Waals surface area contributed by atoms with Crippen molar-refractivity contribution in [1.29, 1.82) is 0 Å². The lowest BCUT2D eigenvalue weighted by atomic mass is 10.2. The van der Waals surface area contributed by atoms with Crippen LogP contribution in [0.25, 0.3) is 0 Å². The van der Waals surface area contributed by atoms with Crippen molar-refractivity contribution in [2.24, 2.45) is 0 Å². The topological polar surface area (TPSA) is 49.8 Å². The van der Waals surface area contributed by atoms with E-state index in [0.29, 0.717) is 6.54 Å². The first-order chi connectivity index (χ1) is 9.67. The Kier molecular flexibility index (Phi) is 7.73. The monoisotopic (exact) mass is 279 g/mol. The Labute approximate surface area is 121 Å². The molecule has 0 unspecified atom stereocenters. The Morgan fingerprint density at radius 3 is 2.50 bits per heavy atom. The van der Waals surface area contributed by atoms with Crippen molar-refractivity contribution in [2.45, 2.75) is 32.6 Å². The van der Waals surface area contributed by atoms with E-state index in [1.54, 1.807) is 11.9 Å². The van der Waals surface area contributed by atoms with Gasteiger partial charge in [0.2, 0.25) is 0 Å². The first-order valence-corrected chi connectivity index (χ1v) is 7.24. The van der Waals surface area contributed by atoms with E-state index in [1.165, 1.54) is 5.56 Å². The fourth-order valence-electron chi connectivity index (χ4n) is 1.84. The minimum absolute atomic E-state index is 0.0198. The van der Waals surface area contributed by atoms with Crippen molar-refractivity contribution in [2.75, 3.05) is 26.8 Å². The van der Waals surface area contributed by atoms with Gasteiger partial charge in [0.05, 0.1) is 0 Å². The van der Waals surface area contributed by atoms with Gasteiger partial charge in [0.1, 0.15) is 5.75 Å². The summed E-state index contributed by atoms with van der Waals surface area (Å²) in [4.78, 5) is 13.5. The molecule has 0 bridgehead atoms. The van der Waals surface area contributed by atoms with Gasteiger partial charge < -0.3 is 14.7 Å². The van der Waals surface area contributed by atoms with Crippen molar-refractivity contribution >= 4 is 5.91 Å². The molecule has 112 valence electrons. The molecular formula is C16H25NO3. The average molecular weight is 279 g/mol. The van der Waals surface area contributed by atoms with Crippen molar-refractivity contribution in [3.05, 3.63) is 29.8 Å². The minimum atomic E-state index is -0.0198. The molecule has 0 heterocycles. The van der Waals surface area contributed by atoms with Gasteiger partial charge in [-0.25, -0.2) is 0 Å². The molecule has 1 aromatic rings. The Bertz CT molecular complexity index is 389.